The lowest BCUT2D eigenvalue weighted by Gasteiger charge is -2.30. The monoisotopic (exact) mass is 2010 g/mol. The predicted octanol–water partition coefficient (Wildman–Crippen LogP) is 16.0. The van der Waals surface area contributed by atoms with Gasteiger partial charge in [0.1, 0.15) is 38.7 Å². The van der Waals surface area contributed by atoms with Gasteiger partial charge in [-0.05, 0) is 220 Å². The van der Waals surface area contributed by atoms with Crippen LogP contribution in [0, 0.1) is 41.8 Å². The van der Waals surface area contributed by atoms with E-state index in [2.05, 4.69) is 87.2 Å². The molecule has 41 heteroatoms. The zero-order valence-corrected chi connectivity index (χ0v) is 81.1. The first-order valence-corrected chi connectivity index (χ1v) is 49.1. The third kappa shape index (κ3) is 21.6. The minimum Gasteiger partial charge on any atom is -0.421 e. The molecule has 15 aromatic rings. The molecular formula is C104H99F6N23O10S2. The van der Waals surface area contributed by atoms with Crippen LogP contribution in [-0.2, 0) is 38.2 Å². The minimum atomic E-state index is -1.14. The van der Waals surface area contributed by atoms with Crippen molar-refractivity contribution < 1.29 is 73.4 Å². The number of rotatable bonds is 26. The Morgan fingerprint density at radius 2 is 0.897 bits per heavy atom. The van der Waals surface area contributed by atoms with Gasteiger partial charge in [0.25, 0.3) is 11.8 Å². The molecule has 0 unspecified atom stereocenters. The first kappa shape index (κ1) is 98.5. The average Bonchev–Trinajstić information content (AvgIpc) is 1.63. The van der Waals surface area contributed by atoms with Crippen LogP contribution in [0.3, 0.4) is 0 Å². The van der Waals surface area contributed by atoms with Gasteiger partial charge in [-0.15, -0.1) is 38.4 Å². The summed E-state index contributed by atoms with van der Waals surface area (Å²) in [4.78, 5) is 106. The van der Waals surface area contributed by atoms with Crippen LogP contribution in [0.1, 0.15) is 67.5 Å². The Hall–Kier alpha value is -15.3. The Morgan fingerprint density at radius 3 is 1.34 bits per heavy atom. The molecule has 3 fully saturated rings. The molecule has 744 valence electrons. The Morgan fingerprint density at radius 1 is 0.462 bits per heavy atom. The van der Waals surface area contributed by atoms with Gasteiger partial charge >= 0.3 is 6.01 Å². The second-order valence-electron chi connectivity index (χ2n) is 36.0. The summed E-state index contributed by atoms with van der Waals surface area (Å²) in [6, 6.07) is 43.7. The molecule has 8 aromatic carbocycles. The molecule has 145 heavy (non-hydrogen) atoms. The van der Waals surface area contributed by atoms with Gasteiger partial charge in [0.05, 0.1) is 52.4 Å². The van der Waals surface area contributed by atoms with E-state index in [-0.39, 0.29) is 97.6 Å². The number of thioether (sulfide) groups is 1. The first-order valence-electron chi connectivity index (χ1n) is 47.1. The number of benzene rings is 8. The number of fused-ring (bicyclic) bond motifs is 3. The Balaban J connectivity index is 0.000000137. The van der Waals surface area contributed by atoms with Gasteiger partial charge in [0, 0.05) is 197 Å². The molecule has 33 nitrogen and oxygen atoms in total. The molecule has 6 amide bonds. The highest BCUT2D eigenvalue weighted by molar-refractivity contribution is 8.00. The number of H-pyrrole nitrogens is 3. The topological polar surface area (TPSA) is 391 Å². The lowest BCUT2D eigenvalue weighted by molar-refractivity contribution is -0.138. The zero-order valence-electron chi connectivity index (χ0n) is 79.4. The average molecular weight is 2010 g/mol. The molecule has 0 aliphatic carbocycles. The molecule has 7 N–H and O–H groups in total. The van der Waals surface area contributed by atoms with E-state index < -0.39 is 39.2 Å². The Labute approximate surface area is 834 Å². The predicted molar refractivity (Wildman–Crippen MR) is 538 cm³/mol. The van der Waals surface area contributed by atoms with E-state index in [1.165, 1.54) is 79.8 Å². The van der Waals surface area contributed by atoms with Gasteiger partial charge in [-0.25, -0.2) is 41.3 Å². The van der Waals surface area contributed by atoms with Crippen LogP contribution in [0.15, 0.2) is 209 Å². The van der Waals surface area contributed by atoms with Gasteiger partial charge in [0.2, 0.25) is 41.3 Å². The van der Waals surface area contributed by atoms with Crippen molar-refractivity contribution in [2.75, 3.05) is 146 Å². The van der Waals surface area contributed by atoms with Crippen molar-refractivity contribution >= 4 is 131 Å². The summed E-state index contributed by atoms with van der Waals surface area (Å²) in [5.41, 5.74) is 10.1. The molecule has 6 aliphatic heterocycles. The summed E-state index contributed by atoms with van der Waals surface area (Å²) in [5.74, 6) is -2.69. The van der Waals surface area contributed by atoms with Crippen molar-refractivity contribution in [1.29, 1.82) is 0 Å². The molecule has 21 rings (SSSR count). The van der Waals surface area contributed by atoms with Gasteiger partial charge in [-0.2, -0.15) is 15.3 Å². The maximum Gasteiger partial charge on any atom is 0.315 e. The number of anilines is 4. The molecular weight excluding hydrogens is 1910 g/mol. The molecule has 3 saturated heterocycles. The van der Waals surface area contributed by atoms with Crippen LogP contribution in [0.4, 0.5) is 49.4 Å². The molecule has 3 atom stereocenters. The highest BCUT2D eigenvalue weighted by Gasteiger charge is 2.49. The van der Waals surface area contributed by atoms with Gasteiger partial charge in [-0.1, -0.05) is 35.5 Å². The number of thiazole rings is 1. The SMILES string of the molecule is CCNc1nnc(-c2ccc(C3=CCN(C(=O)CN4CC[C@@](SC)(C(=O)Nc5ccc6[nH]nc(-c7ccc(F)cc7)c6c5)C4)CC3)c(F)c2)o1.CO[C@@]1(C(=O)Nc2ccc3[nH]nc(-c4ccc(F)c(F)c4)c3c2)CCN(CC(=O)N2CC=C(c3ncc(-c4ncccn4)s3)CC2)C1.CO[C@@]1(C(=O)Nc2ccc3[nH]nc(-c4ccc(F)cc4)c3c2)CCN(CC(=O)N2CC=C(c3ccc(-c4nnc(C)o4)cc3F)CC2)C1. The highest BCUT2D eigenvalue weighted by atomic mass is 32.2. The number of nitrogens with one attached hydrogen (secondary N) is 7. The van der Waals surface area contributed by atoms with E-state index in [1.807, 2.05) is 81.3 Å². The zero-order chi connectivity index (χ0) is 101. The van der Waals surface area contributed by atoms with Crippen molar-refractivity contribution in [3.05, 3.63) is 258 Å². The number of likely N-dealkylation sites (tertiary alicyclic amines) is 3. The number of nitrogens with zero attached hydrogens (tertiary/aromatic N) is 16. The molecule has 0 saturated carbocycles. The van der Waals surface area contributed by atoms with Crippen molar-refractivity contribution in [3.8, 4) is 67.4 Å². The molecule has 7 aromatic heterocycles. The Bertz CT molecular complexity index is 7500. The minimum absolute atomic E-state index is 0.0136. The number of methoxy groups -OCH3 is 2. The number of hydrogen-bond acceptors (Lipinski definition) is 26. The third-order valence-electron chi connectivity index (χ3n) is 27.0. The van der Waals surface area contributed by atoms with Crippen molar-refractivity contribution in [2.45, 2.75) is 68.3 Å². The highest BCUT2D eigenvalue weighted by Crippen LogP contribution is 2.41. The summed E-state index contributed by atoms with van der Waals surface area (Å²) in [6.45, 7) is 10.0. The van der Waals surface area contributed by atoms with Crippen LogP contribution in [0.2, 0.25) is 0 Å². The standard InChI is InChI=1S/C36H36F2N8O3S.C35H33F2N7O4.C33H30F2N8O3S/c1-3-39-35-44-43-33(49-35)24-6-10-27(29(38)18-24)22-12-15-46(16-13-22)31(47)20-45-17-14-36(21-45,50-2)34(48)40-26-9-11-30-28(19-26)32(42-41-30)23-4-7-25(37)8-5-23;1-21-39-42-33(48-21)24-5-9-27(29(37)17-24)22-11-14-44(15-12-22)31(45)19-43-16-13-35(20-43,47-2)34(46)38-26-8-10-30-28(18-26)32(41-40-30)23-3-6-25(36)7-4-23;1-46-33(32(45)39-22-4-6-26-23(16-22)29(41-40-26)21-3-5-24(34)25(35)15-21)9-14-42(19-33)18-28(44)43-12-7-20(8-13-43)31-38-17-27(47-31)30-36-10-2-11-37-30/h4-12,18-19H,3,13-17,20-21H2,1-2H3,(H,39,44)(H,40,48)(H,41,42);3-11,17-18H,12-16,19-20H2,1-2H3,(H,38,46)(H,40,41);2-7,10-11,15-17H,8-9,12-14,18-19H2,1H3,(H,39,45)(H,40,41)/t36-;35-;33-/m000/s1. The normalized spacial score (nSPS) is 18.3. The third-order valence-corrected chi connectivity index (χ3v) is 29.3. The van der Waals surface area contributed by atoms with Crippen LogP contribution < -0.4 is 21.3 Å². The number of aromatic amines is 3. The molecule has 13 heterocycles. The quantitative estimate of drug-likeness (QED) is 0.0248. The molecule has 0 radical (unpaired) electrons. The second-order valence-corrected chi connectivity index (χ2v) is 38.2. The summed E-state index contributed by atoms with van der Waals surface area (Å²) in [5, 5.41) is 52.6. The van der Waals surface area contributed by atoms with Gasteiger partial charge < -0.3 is 54.3 Å². The van der Waals surface area contributed by atoms with Crippen LogP contribution >= 0.6 is 23.1 Å². The number of amides is 6. The fourth-order valence-electron chi connectivity index (χ4n) is 18.8. The number of carbonyl (C=O) groups excluding carboxylic acids is 6. The number of aromatic nitrogens is 13. The lowest BCUT2D eigenvalue weighted by atomic mass is 9.97. The van der Waals surface area contributed by atoms with Gasteiger partial charge in [-0.3, -0.25) is 58.8 Å². The van der Waals surface area contributed by atoms with E-state index in [4.69, 9.17) is 18.3 Å². The summed E-state index contributed by atoms with van der Waals surface area (Å²) < 4.78 is 106. The lowest BCUT2D eigenvalue weighted by Crippen LogP contribution is -2.48. The molecule has 0 bridgehead atoms. The van der Waals surface area contributed by atoms with Crippen molar-refractivity contribution in [2.24, 2.45) is 0 Å². The smallest absolute Gasteiger partial charge is 0.315 e. The van der Waals surface area contributed by atoms with Crippen LogP contribution in [0.5, 0.6) is 0 Å². The van der Waals surface area contributed by atoms with Crippen LogP contribution in [0.25, 0.3) is 117 Å². The summed E-state index contributed by atoms with van der Waals surface area (Å²) >= 11 is 3.02. The number of aryl methyl sites for hydroxylation is 1. The number of carbonyl (C=O) groups is 6. The van der Waals surface area contributed by atoms with Gasteiger partial charge in [0.15, 0.2) is 28.7 Å². The van der Waals surface area contributed by atoms with E-state index in [1.54, 1.807) is 114 Å². The summed E-state index contributed by atoms with van der Waals surface area (Å²) in [6.07, 6.45) is 16.1. The van der Waals surface area contributed by atoms with E-state index >= 15 is 8.78 Å². The Kier molecular flexibility index (Phi) is 29.0. The maximum atomic E-state index is 15.2. The van der Waals surface area contributed by atoms with Crippen LogP contribution in [-0.4, -0.2) is 272 Å². The fourth-order valence-corrected chi connectivity index (χ4v) is 20.6. The van der Waals surface area contributed by atoms with E-state index in [0.29, 0.717) is 195 Å². The first-order chi connectivity index (χ1) is 70.3. The number of ether oxygens (including phenoxy) is 2. The number of hydrogen-bond donors (Lipinski definition) is 7. The second kappa shape index (κ2) is 42.7. The number of halogens is 6. The van der Waals surface area contributed by atoms with Crippen molar-refractivity contribution in [1.82, 2.24) is 95.3 Å². The molecule has 0 spiro atoms. The van der Waals surface area contributed by atoms with E-state index in [0.717, 1.165) is 71.7 Å². The largest absolute Gasteiger partial charge is 0.421 e. The van der Waals surface area contributed by atoms with Crippen molar-refractivity contribution in [3.63, 3.8) is 0 Å². The molecule has 6 aliphatic rings. The summed E-state index contributed by atoms with van der Waals surface area (Å²) in [7, 11) is 3.00. The van der Waals surface area contributed by atoms with E-state index in [9.17, 15) is 46.3 Å². The fraction of sp³-hybridized carbons (Fsp3) is 0.288. The maximum absolute atomic E-state index is 15.2.